The van der Waals surface area contributed by atoms with Gasteiger partial charge < -0.3 is 5.32 Å². The summed E-state index contributed by atoms with van der Waals surface area (Å²) in [5, 5.41) is 3.19. The molecule has 0 spiro atoms. The Kier molecular flexibility index (Phi) is 3.78. The standard InChI is InChI=1S/C13H26N2O2S/c1-10(2)18(16,17)6-5-15-9-11-7-14-8-12(11)13(15,3)4/h10-12,14H,5-9H2,1-4H3. The third-order valence-corrected chi connectivity index (χ3v) is 7.07. The van der Waals surface area contributed by atoms with Crippen molar-refractivity contribution in [3.63, 3.8) is 0 Å². The molecule has 0 aliphatic carbocycles. The molecule has 1 N–H and O–H groups in total. The number of rotatable bonds is 4. The zero-order valence-electron chi connectivity index (χ0n) is 11.9. The van der Waals surface area contributed by atoms with E-state index in [1.807, 2.05) is 0 Å². The minimum atomic E-state index is -2.92. The summed E-state index contributed by atoms with van der Waals surface area (Å²) in [6.07, 6.45) is 0. The van der Waals surface area contributed by atoms with E-state index in [-0.39, 0.29) is 10.8 Å². The van der Waals surface area contributed by atoms with Crippen LogP contribution < -0.4 is 5.32 Å². The molecular weight excluding hydrogens is 248 g/mol. The Morgan fingerprint density at radius 3 is 2.56 bits per heavy atom. The van der Waals surface area contributed by atoms with Crippen LogP contribution in [-0.4, -0.2) is 56.0 Å². The Morgan fingerprint density at radius 2 is 2.00 bits per heavy atom. The van der Waals surface area contributed by atoms with Crippen LogP contribution in [0.4, 0.5) is 0 Å². The molecule has 0 radical (unpaired) electrons. The van der Waals surface area contributed by atoms with Gasteiger partial charge in [0.25, 0.3) is 0 Å². The minimum Gasteiger partial charge on any atom is -0.316 e. The number of sulfone groups is 1. The molecule has 2 rings (SSSR count). The van der Waals surface area contributed by atoms with Crippen molar-refractivity contribution in [3.8, 4) is 0 Å². The van der Waals surface area contributed by atoms with Gasteiger partial charge in [0.05, 0.1) is 11.0 Å². The molecule has 2 heterocycles. The molecule has 0 aromatic carbocycles. The summed E-state index contributed by atoms with van der Waals surface area (Å²) >= 11 is 0. The highest BCUT2D eigenvalue weighted by atomic mass is 32.2. The SMILES string of the molecule is CC(C)S(=O)(=O)CCN1CC2CNCC2C1(C)C. The fourth-order valence-electron chi connectivity index (χ4n) is 3.36. The second kappa shape index (κ2) is 4.76. The average molecular weight is 274 g/mol. The van der Waals surface area contributed by atoms with E-state index >= 15 is 0 Å². The van der Waals surface area contributed by atoms with Gasteiger partial charge in [-0.3, -0.25) is 4.90 Å². The number of hydrogen-bond acceptors (Lipinski definition) is 4. The van der Waals surface area contributed by atoms with Crippen LogP contribution in [0.1, 0.15) is 27.7 Å². The Bertz CT molecular complexity index is 403. The van der Waals surface area contributed by atoms with Gasteiger partial charge in [-0.2, -0.15) is 0 Å². The predicted molar refractivity (Wildman–Crippen MR) is 74.4 cm³/mol. The lowest BCUT2D eigenvalue weighted by atomic mass is 9.85. The Balaban J connectivity index is 1.99. The van der Waals surface area contributed by atoms with Crippen molar-refractivity contribution in [2.24, 2.45) is 11.8 Å². The summed E-state index contributed by atoms with van der Waals surface area (Å²) in [7, 11) is -2.92. The Hall–Kier alpha value is -0.130. The zero-order chi connectivity index (χ0) is 13.6. The second-order valence-corrected chi connectivity index (χ2v) is 9.22. The van der Waals surface area contributed by atoms with Crippen molar-refractivity contribution in [2.75, 3.05) is 31.9 Å². The topological polar surface area (TPSA) is 49.4 Å². The van der Waals surface area contributed by atoms with Gasteiger partial charge in [0.1, 0.15) is 0 Å². The van der Waals surface area contributed by atoms with E-state index in [0.29, 0.717) is 24.1 Å². The van der Waals surface area contributed by atoms with Crippen molar-refractivity contribution >= 4 is 9.84 Å². The summed E-state index contributed by atoms with van der Waals surface area (Å²) in [4.78, 5) is 2.38. The third kappa shape index (κ3) is 2.45. The molecule has 18 heavy (non-hydrogen) atoms. The van der Waals surface area contributed by atoms with Gasteiger partial charge in [0.2, 0.25) is 0 Å². The van der Waals surface area contributed by atoms with E-state index in [2.05, 4.69) is 24.1 Å². The van der Waals surface area contributed by atoms with Gasteiger partial charge in [-0.1, -0.05) is 0 Å². The molecule has 5 heteroatoms. The molecule has 2 saturated heterocycles. The molecular formula is C13H26N2O2S. The molecule has 2 fully saturated rings. The summed E-state index contributed by atoms with van der Waals surface area (Å²) < 4.78 is 23.8. The highest BCUT2D eigenvalue weighted by Gasteiger charge is 2.49. The van der Waals surface area contributed by atoms with Crippen LogP contribution in [0.25, 0.3) is 0 Å². The van der Waals surface area contributed by atoms with Crippen LogP contribution >= 0.6 is 0 Å². The van der Waals surface area contributed by atoms with Crippen LogP contribution in [0.2, 0.25) is 0 Å². The van der Waals surface area contributed by atoms with Gasteiger partial charge in [-0.25, -0.2) is 8.42 Å². The fraction of sp³-hybridized carbons (Fsp3) is 1.00. The zero-order valence-corrected chi connectivity index (χ0v) is 12.8. The number of likely N-dealkylation sites (tertiary alicyclic amines) is 1. The molecule has 0 amide bonds. The van der Waals surface area contributed by atoms with E-state index in [1.165, 1.54) is 0 Å². The molecule has 2 atom stereocenters. The maximum atomic E-state index is 11.9. The minimum absolute atomic E-state index is 0.126. The first-order chi connectivity index (χ1) is 8.25. The largest absolute Gasteiger partial charge is 0.316 e. The average Bonchev–Trinajstić information content (AvgIpc) is 2.79. The lowest BCUT2D eigenvalue weighted by Crippen LogP contribution is -2.46. The van der Waals surface area contributed by atoms with Crippen LogP contribution in [-0.2, 0) is 9.84 Å². The van der Waals surface area contributed by atoms with Gasteiger partial charge >= 0.3 is 0 Å². The first-order valence-corrected chi connectivity index (χ1v) is 8.64. The molecule has 0 aromatic heterocycles. The first-order valence-electron chi connectivity index (χ1n) is 6.92. The summed E-state index contributed by atoms with van der Waals surface area (Å²) in [5.41, 5.74) is 0.126. The molecule has 4 nitrogen and oxygen atoms in total. The number of nitrogens with one attached hydrogen (secondary N) is 1. The van der Waals surface area contributed by atoms with Crippen LogP contribution in [0.15, 0.2) is 0 Å². The summed E-state index contributed by atoms with van der Waals surface area (Å²) in [5.74, 6) is 1.65. The smallest absolute Gasteiger partial charge is 0.153 e. The van der Waals surface area contributed by atoms with Gasteiger partial charge in [-0.05, 0) is 46.1 Å². The molecule has 2 aliphatic rings. The molecule has 106 valence electrons. The normalized spacial score (nSPS) is 32.1. The van der Waals surface area contributed by atoms with E-state index in [4.69, 9.17) is 0 Å². The Labute approximate surface area is 111 Å². The highest BCUT2D eigenvalue weighted by Crippen LogP contribution is 2.40. The fourth-order valence-corrected chi connectivity index (χ4v) is 4.30. The molecule has 0 bridgehead atoms. The highest BCUT2D eigenvalue weighted by molar-refractivity contribution is 7.92. The summed E-state index contributed by atoms with van der Waals surface area (Å²) in [6.45, 7) is 11.9. The van der Waals surface area contributed by atoms with Gasteiger partial charge in [0, 0.05) is 25.2 Å². The quantitative estimate of drug-likeness (QED) is 0.821. The predicted octanol–water partition coefficient (Wildman–Crippen LogP) is 0.739. The summed E-state index contributed by atoms with van der Waals surface area (Å²) in [6, 6.07) is 0. The maximum Gasteiger partial charge on any atom is 0.153 e. The lowest BCUT2D eigenvalue weighted by Gasteiger charge is -2.35. The monoisotopic (exact) mass is 274 g/mol. The lowest BCUT2D eigenvalue weighted by molar-refractivity contribution is 0.148. The van der Waals surface area contributed by atoms with Crippen molar-refractivity contribution in [1.82, 2.24) is 10.2 Å². The van der Waals surface area contributed by atoms with Crippen LogP contribution in [0.5, 0.6) is 0 Å². The molecule has 2 aliphatic heterocycles. The molecule has 2 unspecified atom stereocenters. The van der Waals surface area contributed by atoms with Crippen molar-refractivity contribution in [1.29, 1.82) is 0 Å². The van der Waals surface area contributed by atoms with E-state index in [9.17, 15) is 8.42 Å². The second-order valence-electron chi connectivity index (χ2n) is 6.54. The van der Waals surface area contributed by atoms with Crippen LogP contribution in [0, 0.1) is 11.8 Å². The van der Waals surface area contributed by atoms with Gasteiger partial charge in [0.15, 0.2) is 9.84 Å². The number of hydrogen-bond donors (Lipinski definition) is 1. The van der Waals surface area contributed by atoms with Crippen LogP contribution in [0.3, 0.4) is 0 Å². The third-order valence-electron chi connectivity index (χ3n) is 4.88. The number of nitrogens with zero attached hydrogens (tertiary/aromatic N) is 1. The molecule has 0 saturated carbocycles. The molecule has 0 aromatic rings. The van der Waals surface area contributed by atoms with Crippen molar-refractivity contribution < 1.29 is 8.42 Å². The first kappa shape index (κ1) is 14.3. The Morgan fingerprint density at radius 1 is 1.33 bits per heavy atom. The van der Waals surface area contributed by atoms with Crippen molar-refractivity contribution in [2.45, 2.75) is 38.5 Å². The number of fused-ring (bicyclic) bond motifs is 1. The van der Waals surface area contributed by atoms with Crippen molar-refractivity contribution in [3.05, 3.63) is 0 Å². The van der Waals surface area contributed by atoms with E-state index < -0.39 is 9.84 Å². The van der Waals surface area contributed by atoms with Gasteiger partial charge in [-0.15, -0.1) is 0 Å². The van der Waals surface area contributed by atoms with E-state index in [0.717, 1.165) is 19.6 Å². The maximum absolute atomic E-state index is 11.9. The van der Waals surface area contributed by atoms with E-state index in [1.54, 1.807) is 13.8 Å².